The molecule has 0 saturated carbocycles. The van der Waals surface area contributed by atoms with Crippen LogP contribution in [0.3, 0.4) is 0 Å². The predicted octanol–water partition coefficient (Wildman–Crippen LogP) is 1.49. The summed E-state index contributed by atoms with van der Waals surface area (Å²) in [6.07, 6.45) is 5.20. The third-order valence-electron chi connectivity index (χ3n) is 4.05. The number of unbranched alkanes of at least 4 members (excludes halogenated alkanes) is 2. The Labute approximate surface area is 154 Å². The number of ether oxygens (including phenoxy) is 1. The van der Waals surface area contributed by atoms with Crippen LogP contribution < -0.4 is 16.0 Å². The molecule has 0 atom stereocenters. The second kappa shape index (κ2) is 8.29. The number of nitrogens with one attached hydrogen (secondary N) is 1. The van der Waals surface area contributed by atoms with Gasteiger partial charge in [-0.05, 0) is 43.5 Å². The van der Waals surface area contributed by atoms with Gasteiger partial charge in [-0.2, -0.15) is 5.26 Å². The van der Waals surface area contributed by atoms with Gasteiger partial charge in [-0.15, -0.1) is 0 Å². The summed E-state index contributed by atoms with van der Waals surface area (Å²) in [6, 6.07) is 8.95. The second-order valence-corrected chi connectivity index (χ2v) is 5.96. The molecule has 8 heteroatoms. The van der Waals surface area contributed by atoms with Gasteiger partial charge in [0.1, 0.15) is 17.4 Å². The lowest BCUT2D eigenvalue weighted by molar-refractivity contribution is 0.266. The molecule has 0 radical (unpaired) electrons. The van der Waals surface area contributed by atoms with E-state index in [9.17, 15) is 9.59 Å². The van der Waals surface area contributed by atoms with Gasteiger partial charge in [0.15, 0.2) is 0 Å². The van der Waals surface area contributed by atoms with Crippen molar-refractivity contribution in [1.82, 2.24) is 14.5 Å². The lowest BCUT2D eigenvalue weighted by Gasteiger charge is -2.09. The molecule has 0 aliphatic heterocycles. The van der Waals surface area contributed by atoms with Gasteiger partial charge in [-0.3, -0.25) is 19.3 Å². The monoisotopic (exact) mass is 366 g/mol. The van der Waals surface area contributed by atoms with Crippen LogP contribution in [-0.4, -0.2) is 32.9 Å². The highest BCUT2D eigenvalue weighted by atomic mass is 16.5. The summed E-state index contributed by atoms with van der Waals surface area (Å²) >= 11 is 0. The van der Waals surface area contributed by atoms with Crippen molar-refractivity contribution in [2.75, 3.05) is 13.2 Å². The van der Waals surface area contributed by atoms with Crippen molar-refractivity contribution in [3.8, 4) is 17.5 Å². The van der Waals surface area contributed by atoms with Gasteiger partial charge in [-0.25, -0.2) is 4.79 Å². The van der Waals surface area contributed by atoms with E-state index in [-0.39, 0.29) is 12.2 Å². The van der Waals surface area contributed by atoms with E-state index in [4.69, 9.17) is 15.1 Å². The molecular weight excluding hydrogens is 348 g/mol. The average molecular weight is 366 g/mol. The number of aliphatic hydroxyl groups is 1. The summed E-state index contributed by atoms with van der Waals surface area (Å²) in [4.78, 5) is 30.0. The van der Waals surface area contributed by atoms with E-state index >= 15 is 0 Å². The van der Waals surface area contributed by atoms with Crippen molar-refractivity contribution in [1.29, 1.82) is 5.26 Å². The highest BCUT2D eigenvalue weighted by Gasteiger charge is 2.08. The maximum absolute atomic E-state index is 12.1. The zero-order valence-corrected chi connectivity index (χ0v) is 14.5. The van der Waals surface area contributed by atoms with Crippen LogP contribution in [0, 0.1) is 11.3 Å². The number of aromatic nitrogens is 3. The summed E-state index contributed by atoms with van der Waals surface area (Å²) in [5.74, 6) is 0.678. The Morgan fingerprint density at radius 3 is 2.85 bits per heavy atom. The first-order valence-corrected chi connectivity index (χ1v) is 8.52. The second-order valence-electron chi connectivity index (χ2n) is 5.96. The summed E-state index contributed by atoms with van der Waals surface area (Å²) in [5, 5.41) is 18.5. The van der Waals surface area contributed by atoms with E-state index in [1.807, 2.05) is 18.2 Å². The van der Waals surface area contributed by atoms with E-state index in [2.05, 4.69) is 9.97 Å². The Morgan fingerprint density at radius 2 is 2.07 bits per heavy atom. The fraction of sp³-hybridized carbons (Fsp3) is 0.263. The molecular formula is C19H18N4O4. The number of rotatable bonds is 7. The molecule has 0 amide bonds. The number of aromatic amines is 1. The fourth-order valence-electron chi connectivity index (χ4n) is 2.64. The van der Waals surface area contributed by atoms with E-state index < -0.39 is 11.2 Å². The van der Waals surface area contributed by atoms with E-state index in [0.717, 1.165) is 30.2 Å². The van der Waals surface area contributed by atoms with Gasteiger partial charge in [0.05, 0.1) is 24.0 Å². The van der Waals surface area contributed by atoms with Crippen molar-refractivity contribution in [3.05, 3.63) is 63.1 Å². The van der Waals surface area contributed by atoms with Crippen LogP contribution in [0.15, 0.2) is 46.2 Å². The fourth-order valence-corrected chi connectivity index (χ4v) is 2.64. The third-order valence-corrected chi connectivity index (χ3v) is 4.05. The highest BCUT2D eigenvalue weighted by Crippen LogP contribution is 2.21. The number of nitrogens with zero attached hydrogens (tertiary/aromatic N) is 3. The van der Waals surface area contributed by atoms with Crippen LogP contribution in [0.4, 0.5) is 0 Å². The van der Waals surface area contributed by atoms with Crippen LogP contribution in [0.2, 0.25) is 0 Å². The minimum Gasteiger partial charge on any atom is -0.494 e. The molecule has 2 aromatic heterocycles. The number of benzene rings is 1. The van der Waals surface area contributed by atoms with Gasteiger partial charge >= 0.3 is 5.69 Å². The Hall–Kier alpha value is -3.44. The van der Waals surface area contributed by atoms with Crippen LogP contribution >= 0.6 is 0 Å². The van der Waals surface area contributed by atoms with Gasteiger partial charge in [0, 0.05) is 18.2 Å². The van der Waals surface area contributed by atoms with Crippen molar-refractivity contribution in [3.63, 3.8) is 0 Å². The number of fused-ring (bicyclic) bond motifs is 1. The van der Waals surface area contributed by atoms with E-state index in [0.29, 0.717) is 18.0 Å². The normalized spacial score (nSPS) is 10.7. The predicted molar refractivity (Wildman–Crippen MR) is 99.1 cm³/mol. The quantitative estimate of drug-likeness (QED) is 0.611. The molecule has 3 aromatic rings. The molecule has 0 fully saturated rings. The number of aliphatic hydroxyl groups excluding tert-OH is 1. The summed E-state index contributed by atoms with van der Waals surface area (Å²) in [6.45, 7) is 0.728. The van der Waals surface area contributed by atoms with Gasteiger partial charge in [-0.1, -0.05) is 0 Å². The Morgan fingerprint density at radius 1 is 1.22 bits per heavy atom. The van der Waals surface area contributed by atoms with Gasteiger partial charge in [0.2, 0.25) is 0 Å². The SMILES string of the molecule is N#Cc1cn(-c2cnc3ccc(OCCCCCO)cc3c2)c(=O)[nH]c1=O. The van der Waals surface area contributed by atoms with E-state index in [1.165, 1.54) is 17.0 Å². The molecule has 0 saturated heterocycles. The number of nitriles is 1. The smallest absolute Gasteiger partial charge is 0.333 e. The Bertz CT molecular complexity index is 1110. The summed E-state index contributed by atoms with van der Waals surface area (Å²) in [5.41, 5.74) is -0.361. The molecule has 0 spiro atoms. The van der Waals surface area contributed by atoms with E-state index in [1.54, 1.807) is 12.1 Å². The van der Waals surface area contributed by atoms with Gasteiger partial charge in [0.25, 0.3) is 5.56 Å². The molecule has 27 heavy (non-hydrogen) atoms. The zero-order chi connectivity index (χ0) is 19.2. The number of H-pyrrole nitrogens is 1. The Kier molecular flexibility index (Phi) is 5.64. The lowest BCUT2D eigenvalue weighted by Crippen LogP contribution is -2.30. The molecule has 1 aromatic carbocycles. The number of hydrogen-bond acceptors (Lipinski definition) is 6. The van der Waals surface area contributed by atoms with Crippen LogP contribution in [-0.2, 0) is 0 Å². The minimum atomic E-state index is -0.718. The molecule has 0 aliphatic carbocycles. The van der Waals surface area contributed by atoms with Crippen molar-refractivity contribution in [2.45, 2.75) is 19.3 Å². The standard InChI is InChI=1S/C19H18N4O4/c20-10-14-12-23(19(26)22-18(14)25)15-8-13-9-16(4-5-17(13)21-11-15)27-7-3-1-2-6-24/h4-5,8-9,11-12,24H,1-3,6-7H2,(H,22,25,26). The van der Waals surface area contributed by atoms with Crippen LogP contribution in [0.25, 0.3) is 16.6 Å². The molecule has 8 nitrogen and oxygen atoms in total. The largest absolute Gasteiger partial charge is 0.494 e. The summed E-state index contributed by atoms with van der Waals surface area (Å²) < 4.78 is 6.89. The molecule has 2 heterocycles. The maximum Gasteiger partial charge on any atom is 0.333 e. The van der Waals surface area contributed by atoms with Crippen LogP contribution in [0.1, 0.15) is 24.8 Å². The van der Waals surface area contributed by atoms with Gasteiger partial charge < -0.3 is 9.84 Å². The molecule has 0 bridgehead atoms. The average Bonchev–Trinajstić information content (AvgIpc) is 2.67. The number of hydrogen-bond donors (Lipinski definition) is 2. The third kappa shape index (κ3) is 4.22. The molecule has 3 rings (SSSR count). The molecule has 0 unspecified atom stereocenters. The lowest BCUT2D eigenvalue weighted by atomic mass is 10.2. The van der Waals surface area contributed by atoms with Crippen molar-refractivity contribution >= 4 is 10.9 Å². The summed E-state index contributed by atoms with van der Waals surface area (Å²) in [7, 11) is 0. The van der Waals surface area contributed by atoms with Crippen molar-refractivity contribution in [2.24, 2.45) is 0 Å². The maximum atomic E-state index is 12.1. The molecule has 2 N–H and O–H groups in total. The first-order valence-electron chi connectivity index (χ1n) is 8.52. The van der Waals surface area contributed by atoms with Crippen molar-refractivity contribution < 1.29 is 9.84 Å². The highest BCUT2D eigenvalue weighted by molar-refractivity contribution is 5.81. The zero-order valence-electron chi connectivity index (χ0n) is 14.5. The first-order chi connectivity index (χ1) is 13.1. The van der Waals surface area contributed by atoms with Crippen LogP contribution in [0.5, 0.6) is 5.75 Å². The number of pyridine rings is 1. The molecule has 0 aliphatic rings. The first kappa shape index (κ1) is 18.4. The minimum absolute atomic E-state index is 0.158. The molecule has 138 valence electrons. The topological polar surface area (TPSA) is 121 Å². The Balaban J connectivity index is 1.89.